The average Bonchev–Trinajstić information content (AvgIpc) is 1.57. The normalized spacial score (nSPS) is 14.3. The zero-order valence-electron chi connectivity index (χ0n) is 76.9. The minimum absolute atomic E-state index is 0.142. The molecular weight excluding hydrogens is 1960 g/mol. The molecule has 0 amide bonds. The van der Waals surface area contributed by atoms with Crippen LogP contribution in [0.15, 0.2) is 506 Å². The number of para-hydroxylation sites is 6. The zero-order valence-corrected chi connectivity index (χ0v) is 83.7. The van der Waals surface area contributed by atoms with Crippen LogP contribution in [0.2, 0.25) is 0 Å². The Morgan fingerprint density at radius 1 is 0.207 bits per heavy atom. The van der Waals surface area contributed by atoms with Gasteiger partial charge in [0, 0.05) is 69.5 Å². The van der Waals surface area contributed by atoms with E-state index in [1.807, 2.05) is 354 Å². The maximum Gasteiger partial charge on any atom is 0.210 e. The first-order valence-electron chi connectivity index (χ1n) is 46.4. The van der Waals surface area contributed by atoms with Crippen LogP contribution in [0.4, 0.5) is 0 Å². The molecule has 23 aromatic rings. The number of hydrogen-bond donors (Lipinski definition) is 0. The fourth-order valence-electron chi connectivity index (χ4n) is 20.4. The molecule has 1 atom stereocenters. The maximum atomic E-state index is 15.3. The standard InChI is InChI=1S/2C31H21N2O3PS.C30H21N2O3PS.C25H17N2O3PS/c34-37(23-14-6-2-7-15-23,24-16-8-3-9-17-24)26-20-21-28-30-29(26)32-31(22-12-4-1-5-13-22)33(30)25-18-10-11-19-27(25)38(28,35)36;34-37(23-10-3-1-4-11-23,24-12-5-2-6-13-24)25-20-18-22(19-21-25)31-32-26-14-9-17-29-30(26)33(31)27-15-7-8-16-28(27)38(29,35)36;1-20-31-26-12-7-13-28-30(26)32(20)27-17-16-25(19-29(27)37(28,34)35)36(33,23-10-3-2-4-11-23)24-15-14-21-8-5-6-9-22(21)18-24;28-31(18-10-3-1-4-11-18,19-12-5-2-6-13-19)25-26-20-14-9-17-23-24(20)27(25)21-15-7-8-16-22(21)32(23,29)30/h2*1-21H;2-19H,1H3;1-17H. The highest BCUT2D eigenvalue weighted by atomic mass is 32.2. The van der Waals surface area contributed by atoms with Gasteiger partial charge in [0.2, 0.25) is 46.5 Å². The number of fused-ring (bicyclic) bond motifs is 9. The SMILES string of the molecule is Cc1nc2cccc3c2n1-c1ccc(P(=O)(c2ccccc2)c2ccc4ccccc4c2)cc1S3(=O)=O.O=P(c1ccccc1)(c1ccccc1)c1ccc(-c2nc3cccc4c3n2-c2ccccc2S4(=O)=O)cc1.O=P(c1ccccc1)(c1ccccc1)c1ccc2c3c1nc(-c1ccccc1)n3-c1ccccc1S2(=O)=O.O=P(c1ccccc1)(c1ccccc1)c1nc2cccc3c2n1-c1ccccc1S3(=O)=O. The highest BCUT2D eigenvalue weighted by Crippen LogP contribution is 2.53. The monoisotopic (exact) mass is 2040 g/mol. The van der Waals surface area contributed by atoms with Crippen molar-refractivity contribution in [3.8, 4) is 45.5 Å². The number of imidazole rings is 4. The van der Waals surface area contributed by atoms with Gasteiger partial charge in [0.15, 0.2) is 27.0 Å². The molecule has 0 radical (unpaired) electrons. The van der Waals surface area contributed by atoms with Crippen molar-refractivity contribution in [1.29, 1.82) is 0 Å². The molecule has 0 bridgehead atoms. The topological polar surface area (TPSA) is 276 Å². The fourth-order valence-corrected chi connectivity index (χ4v) is 37.8. The Bertz CT molecular complexity index is 9860. The lowest BCUT2D eigenvalue weighted by Crippen LogP contribution is -2.32. The summed E-state index contributed by atoms with van der Waals surface area (Å²) in [6.07, 6.45) is 0. The fraction of sp³-hybridized carbons (Fsp3) is 0.00855. The van der Waals surface area contributed by atoms with Gasteiger partial charge >= 0.3 is 0 Å². The van der Waals surface area contributed by atoms with Gasteiger partial charge in [-0.25, -0.2) is 53.6 Å². The first-order valence-corrected chi connectivity index (χ1v) is 59.1. The quantitative estimate of drug-likeness (QED) is 0.0915. The van der Waals surface area contributed by atoms with E-state index in [2.05, 4.69) is 4.98 Å². The molecule has 8 heterocycles. The van der Waals surface area contributed by atoms with Crippen LogP contribution < -0.4 is 63.9 Å². The van der Waals surface area contributed by atoms with E-state index in [-0.39, 0.29) is 39.2 Å². The van der Waals surface area contributed by atoms with Crippen molar-refractivity contribution >= 4 is 187 Å². The van der Waals surface area contributed by atoms with E-state index in [4.69, 9.17) is 15.0 Å². The molecule has 4 aliphatic rings. The second-order valence-corrected chi connectivity index (χ2v) is 53.7. The van der Waals surface area contributed by atoms with E-state index in [9.17, 15) is 38.2 Å². The van der Waals surface area contributed by atoms with E-state index in [1.54, 1.807) is 138 Å². The smallest absolute Gasteiger partial charge is 0.210 e. The lowest BCUT2D eigenvalue weighted by molar-refractivity contribution is 0.589. The first kappa shape index (κ1) is 91.5. The Balaban J connectivity index is 0.000000104. The third-order valence-electron chi connectivity index (χ3n) is 27.1. The largest absolute Gasteiger partial charge is 0.309 e. The molecule has 0 N–H and O–H groups in total. The summed E-state index contributed by atoms with van der Waals surface area (Å²) >= 11 is 0. The maximum absolute atomic E-state index is 15.3. The van der Waals surface area contributed by atoms with Crippen LogP contribution in [-0.4, -0.2) is 71.9 Å². The van der Waals surface area contributed by atoms with Crippen molar-refractivity contribution in [2.24, 2.45) is 0 Å². The molecule has 28 heteroatoms. The molecule has 0 saturated carbocycles. The number of sulfone groups is 4. The van der Waals surface area contributed by atoms with Gasteiger partial charge in [0.1, 0.15) is 23.0 Å². The summed E-state index contributed by atoms with van der Waals surface area (Å²) in [7, 11) is -28.4. The van der Waals surface area contributed by atoms with Gasteiger partial charge in [-0.2, -0.15) is 0 Å². The zero-order chi connectivity index (χ0) is 99.1. The molecule has 0 spiro atoms. The van der Waals surface area contributed by atoms with Crippen molar-refractivity contribution in [3.05, 3.63) is 473 Å². The number of aromatic nitrogens is 8. The first-order chi connectivity index (χ1) is 70.4. The van der Waals surface area contributed by atoms with E-state index in [0.29, 0.717) is 132 Å². The Kier molecular flexibility index (Phi) is 22.3. The van der Waals surface area contributed by atoms with Gasteiger partial charge in [-0.15, -0.1) is 0 Å². The summed E-state index contributed by atoms with van der Waals surface area (Å²) in [6, 6.07) is 141. The van der Waals surface area contributed by atoms with Crippen LogP contribution in [0.25, 0.3) is 100 Å². The van der Waals surface area contributed by atoms with Gasteiger partial charge in [-0.05, 0) is 127 Å². The Labute approximate surface area is 834 Å². The summed E-state index contributed by atoms with van der Waals surface area (Å²) in [5.74, 6) is 1.94. The van der Waals surface area contributed by atoms with Crippen molar-refractivity contribution in [2.75, 3.05) is 0 Å². The van der Waals surface area contributed by atoms with E-state index >= 15 is 13.7 Å². The Morgan fingerprint density at radius 3 is 0.993 bits per heavy atom. The number of nitrogens with zero attached hydrogens (tertiary/aromatic N) is 8. The molecule has 0 aliphatic carbocycles. The van der Waals surface area contributed by atoms with Gasteiger partial charge in [0.25, 0.3) is 0 Å². The van der Waals surface area contributed by atoms with Crippen LogP contribution in [0, 0.1) is 6.92 Å². The van der Waals surface area contributed by atoms with E-state index in [0.717, 1.165) is 37.8 Å². The lowest BCUT2D eigenvalue weighted by Gasteiger charge is -2.24. The predicted octanol–water partition coefficient (Wildman–Crippen LogP) is 20.0. The highest BCUT2D eigenvalue weighted by molar-refractivity contribution is 7.93. The molecular formula is C117H80N8O12P4S4. The van der Waals surface area contributed by atoms with Crippen molar-refractivity contribution in [3.63, 3.8) is 0 Å². The van der Waals surface area contributed by atoms with Crippen molar-refractivity contribution < 1.29 is 51.9 Å². The number of aryl methyl sites for hydroxylation is 1. The van der Waals surface area contributed by atoms with E-state index < -0.39 is 67.9 Å². The molecule has 704 valence electrons. The molecule has 1 unspecified atom stereocenters. The number of benzene rings is 19. The van der Waals surface area contributed by atoms with Crippen LogP contribution in [0.1, 0.15) is 5.82 Å². The summed E-state index contributed by atoms with van der Waals surface area (Å²) in [5.41, 5.74) is 8.35. The minimum Gasteiger partial charge on any atom is -0.309 e. The Morgan fingerprint density at radius 2 is 0.517 bits per heavy atom. The van der Waals surface area contributed by atoms with Gasteiger partial charge in [-0.1, -0.05) is 358 Å². The molecule has 27 rings (SSSR count). The molecule has 20 nitrogen and oxygen atoms in total. The number of hydrogen-bond acceptors (Lipinski definition) is 16. The predicted molar refractivity (Wildman–Crippen MR) is 577 cm³/mol. The van der Waals surface area contributed by atoms with Crippen LogP contribution in [0.3, 0.4) is 0 Å². The number of rotatable bonds is 14. The lowest BCUT2D eigenvalue weighted by atomic mass is 10.1. The summed E-state index contributed by atoms with van der Waals surface area (Å²) < 4.78 is 177. The molecule has 4 aliphatic heterocycles. The van der Waals surface area contributed by atoms with Crippen LogP contribution >= 0.6 is 28.6 Å². The molecule has 0 fully saturated rings. The Hall–Kier alpha value is -16.0. The van der Waals surface area contributed by atoms with Gasteiger partial charge in [-0.3, -0.25) is 18.3 Å². The van der Waals surface area contributed by atoms with Gasteiger partial charge in [0.05, 0.1) is 101 Å². The molecule has 0 saturated heterocycles. The molecule has 145 heavy (non-hydrogen) atoms. The van der Waals surface area contributed by atoms with E-state index in [1.165, 1.54) is 0 Å². The average molecular weight is 2040 g/mol. The van der Waals surface area contributed by atoms with Crippen LogP contribution in [-0.2, 0) is 57.6 Å². The third kappa shape index (κ3) is 14.5. The van der Waals surface area contributed by atoms with Gasteiger partial charge < -0.3 is 18.3 Å². The van der Waals surface area contributed by atoms with Crippen LogP contribution in [0.5, 0.6) is 0 Å². The minimum atomic E-state index is -3.86. The summed E-state index contributed by atoms with van der Waals surface area (Å²) in [4.78, 5) is 20.9. The molecule has 19 aromatic carbocycles. The molecule has 4 aromatic heterocycles. The highest BCUT2D eigenvalue weighted by Gasteiger charge is 2.45. The van der Waals surface area contributed by atoms with Crippen molar-refractivity contribution in [2.45, 2.75) is 46.1 Å². The second-order valence-electron chi connectivity index (χ2n) is 35.2. The van der Waals surface area contributed by atoms with Crippen molar-refractivity contribution in [1.82, 2.24) is 38.2 Å². The second kappa shape index (κ2) is 35.3. The summed E-state index contributed by atoms with van der Waals surface area (Å²) in [6.45, 7) is 1.86. The third-order valence-corrected chi connectivity index (χ3v) is 46.5. The summed E-state index contributed by atoms with van der Waals surface area (Å²) in [5, 5.41) is 9.20.